The van der Waals surface area contributed by atoms with Crippen LogP contribution < -0.4 is 5.73 Å². The summed E-state index contributed by atoms with van der Waals surface area (Å²) in [5, 5.41) is 2.81. The molecule has 1 aromatic heterocycles. The van der Waals surface area contributed by atoms with Gasteiger partial charge in [0.2, 0.25) is 0 Å². The molecule has 3 heteroatoms. The predicted octanol–water partition coefficient (Wildman–Crippen LogP) is 3.28. The summed E-state index contributed by atoms with van der Waals surface area (Å²) in [4.78, 5) is 1.30. The molecule has 0 radical (unpaired) electrons. The van der Waals surface area contributed by atoms with E-state index in [4.69, 9.17) is 5.73 Å². The van der Waals surface area contributed by atoms with E-state index >= 15 is 0 Å². The van der Waals surface area contributed by atoms with Gasteiger partial charge in [-0.15, -0.1) is 11.3 Å². The van der Waals surface area contributed by atoms with Gasteiger partial charge in [-0.1, -0.05) is 19.9 Å². The second-order valence-corrected chi connectivity index (χ2v) is 5.62. The summed E-state index contributed by atoms with van der Waals surface area (Å²) < 4.78 is 0. The molecule has 0 fully saturated rings. The fourth-order valence-corrected chi connectivity index (χ4v) is 2.76. The molecule has 2 atom stereocenters. The molecule has 13 heavy (non-hydrogen) atoms. The molecule has 2 unspecified atom stereocenters. The normalized spacial score (nSPS) is 15.6. The summed E-state index contributed by atoms with van der Waals surface area (Å²) in [6.07, 6.45) is 1.22. The largest absolute Gasteiger partial charge is 0.323 e. The molecule has 1 rings (SSSR count). The van der Waals surface area contributed by atoms with E-state index in [0.29, 0.717) is 0 Å². The van der Waals surface area contributed by atoms with Crippen LogP contribution in [0.3, 0.4) is 0 Å². The number of rotatable bonds is 5. The molecule has 0 bridgehead atoms. The van der Waals surface area contributed by atoms with Gasteiger partial charge >= 0.3 is 0 Å². The van der Waals surface area contributed by atoms with Crippen LogP contribution in [0, 0.1) is 0 Å². The quantitative estimate of drug-likeness (QED) is 0.815. The first-order valence-corrected chi connectivity index (χ1v) is 6.57. The standard InChI is InChI=1S/C10H17NS2/c1-3-8(2)13-7-9(11)10-5-4-6-12-10/h4-6,8-9H,3,7,11H2,1-2H3. The van der Waals surface area contributed by atoms with E-state index in [1.165, 1.54) is 11.3 Å². The van der Waals surface area contributed by atoms with Gasteiger partial charge in [0.1, 0.15) is 0 Å². The molecular weight excluding hydrogens is 198 g/mol. The summed E-state index contributed by atoms with van der Waals surface area (Å²) >= 11 is 3.72. The number of thiophene rings is 1. The Balaban J connectivity index is 2.30. The van der Waals surface area contributed by atoms with Gasteiger partial charge < -0.3 is 5.73 Å². The van der Waals surface area contributed by atoms with Crippen molar-refractivity contribution in [1.82, 2.24) is 0 Å². The molecule has 0 amide bonds. The van der Waals surface area contributed by atoms with Crippen LogP contribution in [-0.4, -0.2) is 11.0 Å². The second-order valence-electron chi connectivity index (χ2n) is 3.17. The first-order chi connectivity index (χ1) is 6.24. The van der Waals surface area contributed by atoms with Gasteiger partial charge in [-0.3, -0.25) is 0 Å². The number of thioether (sulfide) groups is 1. The fourth-order valence-electron chi connectivity index (χ4n) is 0.970. The van der Waals surface area contributed by atoms with Crippen molar-refractivity contribution in [2.75, 3.05) is 5.75 Å². The summed E-state index contributed by atoms with van der Waals surface area (Å²) in [5.41, 5.74) is 6.03. The topological polar surface area (TPSA) is 26.0 Å². The van der Waals surface area contributed by atoms with E-state index in [9.17, 15) is 0 Å². The van der Waals surface area contributed by atoms with Gasteiger partial charge in [-0.2, -0.15) is 11.8 Å². The Bertz CT molecular complexity index is 221. The third-order valence-electron chi connectivity index (χ3n) is 2.04. The van der Waals surface area contributed by atoms with Crippen LogP contribution >= 0.6 is 23.1 Å². The Morgan fingerprint density at radius 3 is 2.92 bits per heavy atom. The van der Waals surface area contributed by atoms with Crippen LogP contribution in [0.4, 0.5) is 0 Å². The molecule has 1 heterocycles. The first-order valence-electron chi connectivity index (χ1n) is 4.64. The van der Waals surface area contributed by atoms with E-state index in [1.54, 1.807) is 11.3 Å². The minimum Gasteiger partial charge on any atom is -0.323 e. The van der Waals surface area contributed by atoms with Gasteiger partial charge in [0, 0.05) is 21.9 Å². The van der Waals surface area contributed by atoms with Crippen LogP contribution in [0.5, 0.6) is 0 Å². The zero-order valence-electron chi connectivity index (χ0n) is 8.19. The van der Waals surface area contributed by atoms with Crippen molar-refractivity contribution in [1.29, 1.82) is 0 Å². The number of hydrogen-bond acceptors (Lipinski definition) is 3. The number of hydrogen-bond donors (Lipinski definition) is 1. The maximum atomic E-state index is 6.03. The smallest absolute Gasteiger partial charge is 0.0481 e. The van der Waals surface area contributed by atoms with Crippen molar-refractivity contribution in [3.63, 3.8) is 0 Å². The molecule has 0 aliphatic carbocycles. The van der Waals surface area contributed by atoms with Gasteiger partial charge in [0.05, 0.1) is 0 Å². The monoisotopic (exact) mass is 215 g/mol. The Labute approximate surface area is 88.7 Å². The lowest BCUT2D eigenvalue weighted by atomic mass is 10.3. The van der Waals surface area contributed by atoms with Crippen LogP contribution in [0.25, 0.3) is 0 Å². The highest BCUT2D eigenvalue weighted by Crippen LogP contribution is 2.23. The molecule has 0 aromatic carbocycles. The average molecular weight is 215 g/mol. The van der Waals surface area contributed by atoms with Crippen molar-refractivity contribution in [2.24, 2.45) is 5.73 Å². The highest BCUT2D eigenvalue weighted by molar-refractivity contribution is 7.99. The molecule has 0 aliphatic rings. The van der Waals surface area contributed by atoms with Gasteiger partial charge in [0.15, 0.2) is 0 Å². The zero-order chi connectivity index (χ0) is 9.68. The summed E-state index contributed by atoms with van der Waals surface area (Å²) in [7, 11) is 0. The Morgan fingerprint density at radius 1 is 1.62 bits per heavy atom. The molecule has 74 valence electrons. The van der Waals surface area contributed by atoms with Crippen LogP contribution in [-0.2, 0) is 0 Å². The maximum absolute atomic E-state index is 6.03. The van der Waals surface area contributed by atoms with E-state index in [2.05, 4.69) is 31.4 Å². The third kappa shape index (κ3) is 3.71. The third-order valence-corrected chi connectivity index (χ3v) is 4.50. The zero-order valence-corrected chi connectivity index (χ0v) is 9.83. The van der Waals surface area contributed by atoms with E-state index in [1.807, 2.05) is 11.8 Å². The predicted molar refractivity (Wildman–Crippen MR) is 63.5 cm³/mol. The Kier molecular flexibility index (Phi) is 4.84. The van der Waals surface area contributed by atoms with Crippen molar-refractivity contribution in [3.8, 4) is 0 Å². The lowest BCUT2D eigenvalue weighted by molar-refractivity contribution is 0.838. The molecule has 0 spiro atoms. The van der Waals surface area contributed by atoms with E-state index < -0.39 is 0 Å². The van der Waals surface area contributed by atoms with E-state index in [-0.39, 0.29) is 6.04 Å². The molecular formula is C10H17NS2. The van der Waals surface area contributed by atoms with Crippen molar-refractivity contribution in [3.05, 3.63) is 22.4 Å². The highest BCUT2D eigenvalue weighted by atomic mass is 32.2. The molecule has 0 saturated carbocycles. The molecule has 2 N–H and O–H groups in total. The minimum absolute atomic E-state index is 0.221. The van der Waals surface area contributed by atoms with Crippen molar-refractivity contribution >= 4 is 23.1 Å². The average Bonchev–Trinajstić information content (AvgIpc) is 2.66. The lowest BCUT2D eigenvalue weighted by Gasteiger charge is -2.12. The van der Waals surface area contributed by atoms with Gasteiger partial charge in [-0.25, -0.2) is 0 Å². The van der Waals surface area contributed by atoms with Crippen LogP contribution in [0.2, 0.25) is 0 Å². The molecule has 0 aliphatic heterocycles. The van der Waals surface area contributed by atoms with Crippen molar-refractivity contribution < 1.29 is 0 Å². The van der Waals surface area contributed by atoms with E-state index in [0.717, 1.165) is 11.0 Å². The lowest BCUT2D eigenvalue weighted by Crippen LogP contribution is -2.13. The van der Waals surface area contributed by atoms with Gasteiger partial charge in [-0.05, 0) is 17.9 Å². The number of nitrogens with two attached hydrogens (primary N) is 1. The minimum atomic E-state index is 0.221. The summed E-state index contributed by atoms with van der Waals surface area (Å²) in [6.45, 7) is 4.47. The Morgan fingerprint density at radius 2 is 2.38 bits per heavy atom. The summed E-state index contributed by atoms with van der Waals surface area (Å²) in [5.74, 6) is 1.04. The first kappa shape index (κ1) is 11.1. The van der Waals surface area contributed by atoms with Crippen molar-refractivity contribution in [2.45, 2.75) is 31.6 Å². The second kappa shape index (κ2) is 5.68. The molecule has 1 nitrogen and oxygen atoms in total. The highest BCUT2D eigenvalue weighted by Gasteiger charge is 2.08. The fraction of sp³-hybridized carbons (Fsp3) is 0.600. The Hall–Kier alpha value is 0.01000. The maximum Gasteiger partial charge on any atom is 0.0481 e. The van der Waals surface area contributed by atoms with Crippen LogP contribution in [0.15, 0.2) is 17.5 Å². The SMILES string of the molecule is CCC(C)SCC(N)c1cccs1. The molecule has 1 aromatic rings. The molecule has 0 saturated heterocycles. The summed E-state index contributed by atoms with van der Waals surface area (Å²) in [6, 6.07) is 4.40. The van der Waals surface area contributed by atoms with Gasteiger partial charge in [0.25, 0.3) is 0 Å². The van der Waals surface area contributed by atoms with Crippen LogP contribution in [0.1, 0.15) is 31.2 Å².